The van der Waals surface area contributed by atoms with Gasteiger partial charge in [-0.1, -0.05) is 25.1 Å². The summed E-state index contributed by atoms with van der Waals surface area (Å²) in [6.45, 7) is 7.20. The lowest BCUT2D eigenvalue weighted by molar-refractivity contribution is 0.0514. The molecule has 2 aliphatic heterocycles. The van der Waals surface area contributed by atoms with Crippen LogP contribution < -0.4 is 4.74 Å². The van der Waals surface area contributed by atoms with Crippen LogP contribution in [0.3, 0.4) is 0 Å². The van der Waals surface area contributed by atoms with E-state index in [2.05, 4.69) is 4.98 Å². The van der Waals surface area contributed by atoms with E-state index in [0.717, 1.165) is 16.5 Å². The van der Waals surface area contributed by atoms with Crippen molar-refractivity contribution in [1.29, 1.82) is 0 Å². The molecule has 3 heterocycles. The van der Waals surface area contributed by atoms with Crippen molar-refractivity contribution in [2.24, 2.45) is 5.92 Å². The first kappa shape index (κ1) is 26.0. The van der Waals surface area contributed by atoms with Crippen molar-refractivity contribution in [3.8, 4) is 5.75 Å². The number of aromatic nitrogens is 1. The maximum Gasteiger partial charge on any atom is 0.135 e. The minimum atomic E-state index is -1.51. The first-order chi connectivity index (χ1) is 17.7. The van der Waals surface area contributed by atoms with Gasteiger partial charge in [0.2, 0.25) is 0 Å². The number of benzene rings is 2. The number of aromatic amines is 1. The van der Waals surface area contributed by atoms with Crippen LogP contribution in [0.25, 0.3) is 10.9 Å². The van der Waals surface area contributed by atoms with Crippen molar-refractivity contribution in [3.63, 3.8) is 0 Å². The fourth-order valence-electron chi connectivity index (χ4n) is 5.71. The van der Waals surface area contributed by atoms with Gasteiger partial charge in [0.05, 0.1) is 12.7 Å². The fraction of sp³-hybridized carbons (Fsp3) is 0.517. The minimum absolute atomic E-state index is 0.0526. The van der Waals surface area contributed by atoms with Gasteiger partial charge < -0.3 is 9.72 Å². The van der Waals surface area contributed by atoms with E-state index in [-0.39, 0.29) is 43.1 Å². The Balaban J connectivity index is 1.47. The molecule has 1 unspecified atom stereocenters. The number of ether oxygens (including phenoxy) is 1. The average Bonchev–Trinajstić information content (AvgIpc) is 3.20. The van der Waals surface area contributed by atoms with E-state index < -0.39 is 23.3 Å². The van der Waals surface area contributed by atoms with Gasteiger partial charge in [-0.15, -0.1) is 0 Å². The van der Waals surface area contributed by atoms with Crippen molar-refractivity contribution in [1.82, 2.24) is 14.8 Å². The predicted octanol–water partition coefficient (Wildman–Crippen LogP) is 6.20. The highest BCUT2D eigenvalue weighted by Crippen LogP contribution is 2.44. The summed E-state index contributed by atoms with van der Waals surface area (Å²) >= 11 is 0. The molecule has 1 saturated heterocycles. The normalized spacial score (nSPS) is 22.6. The Kier molecular flexibility index (Phi) is 7.24. The maximum atomic E-state index is 15.7. The molecule has 0 saturated carbocycles. The van der Waals surface area contributed by atoms with Crippen LogP contribution >= 0.6 is 0 Å². The number of hydrogen-bond acceptors (Lipinski definition) is 3. The number of alkyl halides is 2. The van der Waals surface area contributed by atoms with Crippen LogP contribution in [0, 0.1) is 17.6 Å². The molecule has 2 aromatic carbocycles. The Morgan fingerprint density at radius 2 is 1.84 bits per heavy atom. The summed E-state index contributed by atoms with van der Waals surface area (Å²) in [5.74, 6) is -1.26. The second-order valence-corrected chi connectivity index (χ2v) is 10.9. The van der Waals surface area contributed by atoms with Gasteiger partial charge in [0.25, 0.3) is 0 Å². The number of para-hydroxylation sites is 1. The highest BCUT2D eigenvalue weighted by atomic mass is 19.1. The van der Waals surface area contributed by atoms with Crippen molar-refractivity contribution in [2.45, 2.75) is 51.4 Å². The van der Waals surface area contributed by atoms with Gasteiger partial charge in [-0.25, -0.2) is 13.2 Å². The van der Waals surface area contributed by atoms with Crippen LogP contribution in [0.5, 0.6) is 5.75 Å². The Labute approximate surface area is 215 Å². The molecule has 0 aliphatic carbocycles. The molecule has 1 N–H and O–H groups in total. The number of nitrogens with one attached hydrogen (secondary N) is 1. The summed E-state index contributed by atoms with van der Waals surface area (Å²) in [5, 5.41) is 1.02. The number of rotatable bonds is 9. The molecular formula is C29H35F4N3O. The molecule has 200 valence electrons. The molecular weight excluding hydrogens is 482 g/mol. The lowest BCUT2D eigenvalue weighted by atomic mass is 9.86. The van der Waals surface area contributed by atoms with E-state index in [1.807, 2.05) is 41.0 Å². The second kappa shape index (κ2) is 10.3. The smallest absolute Gasteiger partial charge is 0.135 e. The molecule has 0 bridgehead atoms. The lowest BCUT2D eigenvalue weighted by Gasteiger charge is -2.43. The molecule has 5 rings (SSSR count). The Bertz CT molecular complexity index is 1230. The first-order valence-electron chi connectivity index (χ1n) is 13.1. The van der Waals surface area contributed by atoms with Crippen molar-refractivity contribution in [3.05, 3.63) is 64.9 Å². The van der Waals surface area contributed by atoms with Crippen LogP contribution in [-0.2, 0) is 6.42 Å². The minimum Gasteiger partial charge on any atom is -0.492 e. The molecule has 8 heteroatoms. The highest BCUT2D eigenvalue weighted by molar-refractivity contribution is 5.85. The SMILES string of the molecule is CC[C@](C)(F)CN1C(c2c(F)cc(OCCN3CC(CF)C3)cc2F)c2[nH]c3ccccc3c2C[C@H]1C. The van der Waals surface area contributed by atoms with Crippen molar-refractivity contribution < 1.29 is 22.3 Å². The maximum absolute atomic E-state index is 15.7. The van der Waals surface area contributed by atoms with Crippen LogP contribution in [0.15, 0.2) is 36.4 Å². The highest BCUT2D eigenvalue weighted by Gasteiger charge is 2.41. The Morgan fingerprint density at radius 1 is 1.14 bits per heavy atom. The third-order valence-corrected chi connectivity index (χ3v) is 8.02. The van der Waals surface area contributed by atoms with Gasteiger partial charge in [-0.3, -0.25) is 14.2 Å². The topological polar surface area (TPSA) is 31.5 Å². The third-order valence-electron chi connectivity index (χ3n) is 8.02. The third kappa shape index (κ3) is 5.10. The molecule has 0 spiro atoms. The largest absolute Gasteiger partial charge is 0.492 e. The van der Waals surface area contributed by atoms with Crippen LogP contribution in [-0.4, -0.2) is 66.0 Å². The average molecular weight is 518 g/mol. The number of hydrogen-bond donors (Lipinski definition) is 1. The van der Waals surface area contributed by atoms with Crippen LogP contribution in [0.1, 0.15) is 50.1 Å². The predicted molar refractivity (Wildman–Crippen MR) is 138 cm³/mol. The summed E-state index contributed by atoms with van der Waals surface area (Å²) in [7, 11) is 0. The van der Waals surface area contributed by atoms with Crippen molar-refractivity contribution in [2.75, 3.05) is 39.5 Å². The summed E-state index contributed by atoms with van der Waals surface area (Å²) in [4.78, 5) is 7.33. The Morgan fingerprint density at radius 3 is 2.51 bits per heavy atom. The molecule has 1 aromatic heterocycles. The van der Waals surface area contributed by atoms with E-state index in [9.17, 15) is 4.39 Å². The quantitative estimate of drug-likeness (QED) is 0.343. The van der Waals surface area contributed by atoms with Crippen LogP contribution in [0.4, 0.5) is 17.6 Å². The molecule has 4 nitrogen and oxygen atoms in total. The summed E-state index contributed by atoms with van der Waals surface area (Å²) in [5.41, 5.74) is 1.00. The summed E-state index contributed by atoms with van der Waals surface area (Å²) in [6, 6.07) is 9.32. The zero-order valence-corrected chi connectivity index (χ0v) is 21.7. The van der Waals surface area contributed by atoms with E-state index in [4.69, 9.17) is 4.74 Å². The van der Waals surface area contributed by atoms with E-state index in [1.54, 1.807) is 6.92 Å². The van der Waals surface area contributed by atoms with E-state index in [0.29, 0.717) is 38.2 Å². The second-order valence-electron chi connectivity index (χ2n) is 10.9. The first-order valence-corrected chi connectivity index (χ1v) is 13.1. The van der Waals surface area contributed by atoms with Gasteiger partial charge in [0.1, 0.15) is 29.7 Å². The van der Waals surface area contributed by atoms with Gasteiger partial charge >= 0.3 is 0 Å². The van der Waals surface area contributed by atoms with Crippen molar-refractivity contribution >= 4 is 10.9 Å². The number of nitrogens with zero attached hydrogens (tertiary/aromatic N) is 2. The number of halogens is 4. The van der Waals surface area contributed by atoms with E-state index >= 15 is 13.2 Å². The molecule has 2 aliphatic rings. The van der Waals surface area contributed by atoms with Crippen LogP contribution in [0.2, 0.25) is 0 Å². The van der Waals surface area contributed by atoms with Gasteiger partial charge in [-0.05, 0) is 38.3 Å². The standard InChI is InChI=1S/C29H35F4N3O/c1-4-29(3,33)17-36-18(2)11-22-21-7-5-6-8-25(21)34-27(22)28(36)26-23(31)12-20(13-24(26)32)37-10-9-35-15-19(14-30)16-35/h5-8,12-13,18-19,28,34H,4,9-11,14-17H2,1-3H3/t18-,28?,29+/m1/s1. The summed E-state index contributed by atoms with van der Waals surface area (Å²) < 4.78 is 65.0. The number of fused-ring (bicyclic) bond motifs is 3. The zero-order chi connectivity index (χ0) is 26.3. The molecule has 37 heavy (non-hydrogen) atoms. The number of likely N-dealkylation sites (tertiary alicyclic amines) is 1. The van der Waals surface area contributed by atoms with Gasteiger partial charge in [0.15, 0.2) is 0 Å². The van der Waals surface area contributed by atoms with Gasteiger partial charge in [0, 0.05) is 72.4 Å². The Hall–Kier alpha value is -2.58. The molecule has 1 fully saturated rings. The summed E-state index contributed by atoms with van der Waals surface area (Å²) in [6.07, 6.45) is 0.948. The van der Waals surface area contributed by atoms with Gasteiger partial charge in [-0.2, -0.15) is 0 Å². The zero-order valence-electron chi connectivity index (χ0n) is 21.7. The molecule has 3 aromatic rings. The van der Waals surface area contributed by atoms with E-state index in [1.165, 1.54) is 19.1 Å². The molecule has 0 amide bonds. The monoisotopic (exact) mass is 517 g/mol. The fourth-order valence-corrected chi connectivity index (χ4v) is 5.71. The number of H-pyrrole nitrogens is 1. The lowest BCUT2D eigenvalue weighted by Crippen LogP contribution is -2.49. The molecule has 0 radical (unpaired) electrons. The molecule has 3 atom stereocenters.